The molecule has 2 aromatic rings. The molecule has 0 unspecified atom stereocenters. The Morgan fingerprint density at radius 1 is 1.21 bits per heavy atom. The molecule has 0 aromatic heterocycles. The van der Waals surface area contributed by atoms with Gasteiger partial charge >= 0.3 is 0 Å². The number of nitro benzene ring substituents is 1. The number of hydrogen-bond acceptors (Lipinski definition) is 5. The predicted molar refractivity (Wildman–Crippen MR) is 85.9 cm³/mol. The zero-order valence-corrected chi connectivity index (χ0v) is 13.0. The van der Waals surface area contributed by atoms with E-state index in [1.54, 1.807) is 12.1 Å². The second kappa shape index (κ2) is 6.57. The van der Waals surface area contributed by atoms with Crippen LogP contribution in [0.4, 0.5) is 5.69 Å². The van der Waals surface area contributed by atoms with E-state index >= 15 is 0 Å². The van der Waals surface area contributed by atoms with Crippen LogP contribution in [-0.4, -0.2) is 17.6 Å². The molecule has 0 saturated carbocycles. The van der Waals surface area contributed by atoms with Crippen molar-refractivity contribution in [1.29, 1.82) is 0 Å². The highest BCUT2D eigenvalue weighted by Gasteiger charge is 2.17. The Morgan fingerprint density at radius 2 is 1.92 bits per heavy atom. The molecule has 3 rings (SSSR count). The molecule has 1 atom stereocenters. The molecule has 0 fully saturated rings. The van der Waals surface area contributed by atoms with Gasteiger partial charge in [0.05, 0.1) is 17.4 Å². The van der Waals surface area contributed by atoms with Crippen LogP contribution in [0, 0.1) is 10.1 Å². The van der Waals surface area contributed by atoms with Gasteiger partial charge in [-0.25, -0.2) is 0 Å². The molecule has 0 radical (unpaired) electrons. The summed E-state index contributed by atoms with van der Waals surface area (Å²) in [4.78, 5) is 22.3. The summed E-state index contributed by atoms with van der Waals surface area (Å²) in [5.74, 6) is 1.21. The summed E-state index contributed by atoms with van der Waals surface area (Å²) >= 11 is 0. The number of benzene rings is 2. The highest BCUT2D eigenvalue weighted by atomic mass is 16.7. The number of amides is 1. The van der Waals surface area contributed by atoms with Crippen LogP contribution in [-0.2, 0) is 11.2 Å². The number of carbonyl (C=O) groups is 1. The molecular weight excluding hydrogens is 312 g/mol. The van der Waals surface area contributed by atoms with Crippen molar-refractivity contribution < 1.29 is 19.2 Å². The minimum atomic E-state index is -0.467. The molecule has 0 saturated heterocycles. The van der Waals surface area contributed by atoms with Gasteiger partial charge in [-0.2, -0.15) is 0 Å². The van der Waals surface area contributed by atoms with Crippen LogP contribution in [0.1, 0.15) is 24.1 Å². The molecule has 1 amide bonds. The molecule has 7 nitrogen and oxygen atoms in total. The first-order chi connectivity index (χ1) is 11.5. The minimum absolute atomic E-state index is 0.00730. The van der Waals surface area contributed by atoms with Crippen molar-refractivity contribution in [2.75, 3.05) is 6.79 Å². The monoisotopic (exact) mass is 328 g/mol. The van der Waals surface area contributed by atoms with Gasteiger partial charge in [0.2, 0.25) is 12.7 Å². The summed E-state index contributed by atoms with van der Waals surface area (Å²) < 4.78 is 10.6. The third kappa shape index (κ3) is 3.45. The Bertz CT molecular complexity index is 773. The first-order valence-electron chi connectivity index (χ1n) is 7.45. The number of nitro groups is 1. The van der Waals surface area contributed by atoms with E-state index in [0.717, 1.165) is 11.1 Å². The Labute approximate surface area is 138 Å². The van der Waals surface area contributed by atoms with Crippen LogP contribution < -0.4 is 14.8 Å². The summed E-state index contributed by atoms with van der Waals surface area (Å²) in [6.45, 7) is 2.09. The van der Waals surface area contributed by atoms with Crippen LogP contribution in [0.3, 0.4) is 0 Å². The fraction of sp³-hybridized carbons (Fsp3) is 0.235. The van der Waals surface area contributed by atoms with Crippen molar-refractivity contribution in [2.45, 2.75) is 19.4 Å². The number of hydrogen-bond donors (Lipinski definition) is 1. The minimum Gasteiger partial charge on any atom is -0.454 e. The lowest BCUT2D eigenvalue weighted by molar-refractivity contribution is -0.384. The smallest absolute Gasteiger partial charge is 0.269 e. The maximum Gasteiger partial charge on any atom is 0.269 e. The van der Waals surface area contributed by atoms with Gasteiger partial charge in [-0.3, -0.25) is 14.9 Å². The van der Waals surface area contributed by atoms with E-state index in [1.165, 1.54) is 12.1 Å². The maximum atomic E-state index is 12.1. The first-order valence-corrected chi connectivity index (χ1v) is 7.45. The number of carbonyl (C=O) groups excluding carboxylic acids is 1. The molecule has 1 N–H and O–H groups in total. The van der Waals surface area contributed by atoms with E-state index < -0.39 is 4.92 Å². The zero-order chi connectivity index (χ0) is 17.1. The van der Waals surface area contributed by atoms with Crippen molar-refractivity contribution in [1.82, 2.24) is 5.32 Å². The Morgan fingerprint density at radius 3 is 2.62 bits per heavy atom. The molecule has 0 aliphatic carbocycles. The molecule has 124 valence electrons. The lowest BCUT2D eigenvalue weighted by Gasteiger charge is -2.15. The van der Waals surface area contributed by atoms with Crippen LogP contribution in [0.5, 0.6) is 11.5 Å². The predicted octanol–water partition coefficient (Wildman–Crippen LogP) is 2.74. The van der Waals surface area contributed by atoms with E-state index in [2.05, 4.69) is 5.32 Å². The van der Waals surface area contributed by atoms with Gasteiger partial charge in [-0.05, 0) is 30.2 Å². The summed E-state index contributed by atoms with van der Waals surface area (Å²) in [5.41, 5.74) is 1.64. The average molecular weight is 328 g/mol. The normalized spacial score (nSPS) is 13.4. The van der Waals surface area contributed by atoms with Crippen molar-refractivity contribution >= 4 is 11.6 Å². The summed E-state index contributed by atoms with van der Waals surface area (Å²) in [7, 11) is 0. The van der Waals surface area contributed by atoms with Gasteiger partial charge < -0.3 is 14.8 Å². The summed E-state index contributed by atoms with van der Waals surface area (Å²) in [5, 5.41) is 13.5. The van der Waals surface area contributed by atoms with E-state index in [0.29, 0.717) is 11.5 Å². The van der Waals surface area contributed by atoms with Crippen molar-refractivity contribution in [3.63, 3.8) is 0 Å². The highest BCUT2D eigenvalue weighted by molar-refractivity contribution is 5.79. The molecule has 7 heteroatoms. The van der Waals surface area contributed by atoms with E-state index in [9.17, 15) is 14.9 Å². The fourth-order valence-electron chi connectivity index (χ4n) is 2.48. The number of fused-ring (bicyclic) bond motifs is 1. The maximum absolute atomic E-state index is 12.1. The van der Waals surface area contributed by atoms with E-state index in [4.69, 9.17) is 9.47 Å². The number of nitrogens with zero attached hydrogens (tertiary/aromatic N) is 1. The number of nitrogens with one attached hydrogen (secondary N) is 1. The Balaban J connectivity index is 1.60. The molecular formula is C17H16N2O5. The molecule has 1 aliphatic heterocycles. The Hall–Kier alpha value is -3.09. The number of ether oxygens (including phenoxy) is 2. The highest BCUT2D eigenvalue weighted by Crippen LogP contribution is 2.34. The zero-order valence-electron chi connectivity index (χ0n) is 13.0. The van der Waals surface area contributed by atoms with Gasteiger partial charge in [0.25, 0.3) is 5.69 Å². The fourth-order valence-corrected chi connectivity index (χ4v) is 2.48. The quantitative estimate of drug-likeness (QED) is 0.673. The van der Waals surface area contributed by atoms with Gasteiger partial charge in [0.1, 0.15) is 0 Å². The molecule has 0 bridgehead atoms. The third-order valence-electron chi connectivity index (χ3n) is 3.79. The molecule has 0 spiro atoms. The van der Waals surface area contributed by atoms with Gasteiger partial charge in [-0.1, -0.05) is 18.2 Å². The summed E-state index contributed by atoms with van der Waals surface area (Å²) in [6, 6.07) is 11.3. The van der Waals surface area contributed by atoms with Crippen LogP contribution in [0.15, 0.2) is 42.5 Å². The second-order valence-corrected chi connectivity index (χ2v) is 5.50. The van der Waals surface area contributed by atoms with E-state index in [-0.39, 0.29) is 30.9 Å². The third-order valence-corrected chi connectivity index (χ3v) is 3.79. The number of rotatable bonds is 5. The molecule has 24 heavy (non-hydrogen) atoms. The van der Waals surface area contributed by atoms with Gasteiger partial charge in [0, 0.05) is 12.1 Å². The van der Waals surface area contributed by atoms with Gasteiger partial charge in [0.15, 0.2) is 11.5 Å². The molecule has 1 heterocycles. The Kier molecular flexibility index (Phi) is 4.33. The van der Waals surface area contributed by atoms with Crippen molar-refractivity contribution in [2.24, 2.45) is 0 Å². The van der Waals surface area contributed by atoms with Crippen LogP contribution >= 0.6 is 0 Å². The second-order valence-electron chi connectivity index (χ2n) is 5.50. The molecule has 1 aliphatic rings. The molecule has 2 aromatic carbocycles. The van der Waals surface area contributed by atoms with E-state index in [1.807, 2.05) is 25.1 Å². The van der Waals surface area contributed by atoms with Crippen LogP contribution in [0.25, 0.3) is 0 Å². The lowest BCUT2D eigenvalue weighted by atomic mass is 10.1. The number of non-ortho nitro benzene ring substituents is 1. The van der Waals surface area contributed by atoms with Crippen molar-refractivity contribution in [3.05, 3.63) is 63.7 Å². The van der Waals surface area contributed by atoms with Gasteiger partial charge in [-0.15, -0.1) is 0 Å². The standard InChI is InChI=1S/C17H16N2O5/c1-11(13-4-7-15-16(9-13)24-10-23-15)18-17(20)8-12-2-5-14(6-3-12)19(21)22/h2-7,9,11H,8,10H2,1H3,(H,18,20)/t11-/m1/s1. The first kappa shape index (κ1) is 15.8. The van der Waals surface area contributed by atoms with Crippen LogP contribution in [0.2, 0.25) is 0 Å². The SMILES string of the molecule is C[C@@H](NC(=O)Cc1ccc([N+](=O)[O-])cc1)c1ccc2c(c1)OCO2. The average Bonchev–Trinajstić information content (AvgIpc) is 3.02. The summed E-state index contributed by atoms with van der Waals surface area (Å²) in [6.07, 6.45) is 0.160. The lowest BCUT2D eigenvalue weighted by Crippen LogP contribution is -2.28. The largest absolute Gasteiger partial charge is 0.454 e. The topological polar surface area (TPSA) is 90.7 Å². The van der Waals surface area contributed by atoms with Crippen molar-refractivity contribution in [3.8, 4) is 11.5 Å².